The van der Waals surface area contributed by atoms with Crippen LogP contribution in [0.15, 0.2) is 29.1 Å². The molecule has 1 aliphatic heterocycles. The number of rotatable bonds is 3. The minimum atomic E-state index is -0.233. The van der Waals surface area contributed by atoms with Crippen molar-refractivity contribution in [2.24, 2.45) is 11.7 Å². The van der Waals surface area contributed by atoms with Gasteiger partial charge in [-0.2, -0.15) is 11.3 Å². The lowest BCUT2D eigenvalue weighted by molar-refractivity contribution is -0.122. The Morgan fingerprint density at radius 3 is 3.10 bits per heavy atom. The molecule has 3 rings (SSSR count). The zero-order valence-electron chi connectivity index (χ0n) is 11.0. The molecule has 0 radical (unpaired) electrons. The fourth-order valence-electron chi connectivity index (χ4n) is 2.46. The number of thiophene rings is 1. The molecule has 0 spiro atoms. The van der Waals surface area contributed by atoms with E-state index in [4.69, 9.17) is 5.73 Å². The van der Waals surface area contributed by atoms with Crippen LogP contribution in [0.3, 0.4) is 0 Å². The maximum Gasteiger partial charge on any atom is 0.225 e. The Bertz CT molecular complexity index is 599. The third-order valence-corrected chi connectivity index (χ3v) is 4.25. The summed E-state index contributed by atoms with van der Waals surface area (Å²) in [6, 6.07) is 3.94. The summed E-state index contributed by atoms with van der Waals surface area (Å²) in [7, 11) is 0. The van der Waals surface area contributed by atoms with Crippen LogP contribution in [0.2, 0.25) is 0 Å². The van der Waals surface area contributed by atoms with E-state index in [1.54, 1.807) is 17.5 Å². The molecular weight excluding hydrogens is 272 g/mol. The summed E-state index contributed by atoms with van der Waals surface area (Å²) in [4.78, 5) is 22.3. The average Bonchev–Trinajstić information content (AvgIpc) is 3.02. The largest absolute Gasteiger partial charge is 0.369 e. The topological polar surface area (TPSA) is 72.1 Å². The Labute approximate surface area is 121 Å². The molecule has 1 unspecified atom stereocenters. The minimum absolute atomic E-state index is 0.0999. The van der Waals surface area contributed by atoms with Crippen LogP contribution >= 0.6 is 11.3 Å². The van der Waals surface area contributed by atoms with E-state index < -0.39 is 0 Å². The van der Waals surface area contributed by atoms with E-state index in [1.807, 2.05) is 17.5 Å². The number of aromatic nitrogens is 2. The van der Waals surface area contributed by atoms with Crippen molar-refractivity contribution in [2.75, 3.05) is 18.0 Å². The predicted molar refractivity (Wildman–Crippen MR) is 79.5 cm³/mol. The van der Waals surface area contributed by atoms with Gasteiger partial charge >= 0.3 is 0 Å². The van der Waals surface area contributed by atoms with Crippen molar-refractivity contribution in [3.8, 4) is 11.3 Å². The Kier molecular flexibility index (Phi) is 3.64. The average molecular weight is 288 g/mol. The maximum absolute atomic E-state index is 11.3. The molecule has 1 saturated heterocycles. The van der Waals surface area contributed by atoms with Crippen LogP contribution in [0.25, 0.3) is 11.3 Å². The van der Waals surface area contributed by atoms with Crippen molar-refractivity contribution < 1.29 is 4.79 Å². The van der Waals surface area contributed by atoms with Gasteiger partial charge in [-0.3, -0.25) is 4.79 Å². The highest BCUT2D eigenvalue weighted by molar-refractivity contribution is 7.08. The summed E-state index contributed by atoms with van der Waals surface area (Å²) in [5, 5.41) is 4.09. The number of carbonyl (C=O) groups is 1. The second-order valence-electron chi connectivity index (χ2n) is 4.94. The maximum atomic E-state index is 11.3. The van der Waals surface area contributed by atoms with Gasteiger partial charge in [0.25, 0.3) is 0 Å². The van der Waals surface area contributed by atoms with E-state index in [2.05, 4.69) is 20.2 Å². The first-order valence-corrected chi connectivity index (χ1v) is 7.58. The van der Waals surface area contributed by atoms with E-state index in [9.17, 15) is 4.79 Å². The quantitative estimate of drug-likeness (QED) is 0.936. The Balaban J connectivity index is 1.83. The first-order valence-electron chi connectivity index (χ1n) is 6.64. The molecule has 20 heavy (non-hydrogen) atoms. The SMILES string of the molecule is NC(=O)C1CCCN(c2nccc(-c3ccsc3)n2)C1. The van der Waals surface area contributed by atoms with E-state index in [1.165, 1.54) is 0 Å². The van der Waals surface area contributed by atoms with Crippen molar-refractivity contribution in [2.45, 2.75) is 12.8 Å². The number of hydrogen-bond donors (Lipinski definition) is 1. The lowest BCUT2D eigenvalue weighted by Gasteiger charge is -2.31. The molecule has 0 bridgehead atoms. The van der Waals surface area contributed by atoms with Crippen molar-refractivity contribution in [1.29, 1.82) is 0 Å². The summed E-state index contributed by atoms with van der Waals surface area (Å²) in [6.07, 6.45) is 3.57. The molecule has 0 aliphatic carbocycles. The number of nitrogens with two attached hydrogens (primary N) is 1. The highest BCUT2D eigenvalue weighted by atomic mass is 32.1. The summed E-state index contributed by atoms with van der Waals surface area (Å²) in [6.45, 7) is 1.49. The standard InChI is InChI=1S/C14H16N4OS/c15-13(19)10-2-1-6-18(8-10)14-16-5-3-12(17-14)11-4-7-20-9-11/h3-5,7,9-10H,1-2,6,8H2,(H2,15,19). The molecule has 2 aromatic rings. The van der Waals surface area contributed by atoms with Crippen molar-refractivity contribution in [1.82, 2.24) is 9.97 Å². The summed E-state index contributed by atoms with van der Waals surface area (Å²) in [5.74, 6) is 0.348. The molecule has 0 aromatic carbocycles. The third kappa shape index (κ3) is 2.65. The highest BCUT2D eigenvalue weighted by Gasteiger charge is 2.25. The van der Waals surface area contributed by atoms with Crippen LogP contribution in [0, 0.1) is 5.92 Å². The van der Waals surface area contributed by atoms with E-state index in [0.29, 0.717) is 12.5 Å². The van der Waals surface area contributed by atoms with Gasteiger partial charge in [0.05, 0.1) is 11.6 Å². The monoisotopic (exact) mass is 288 g/mol. The van der Waals surface area contributed by atoms with Gasteiger partial charge in [-0.25, -0.2) is 9.97 Å². The highest BCUT2D eigenvalue weighted by Crippen LogP contribution is 2.24. The van der Waals surface area contributed by atoms with Crippen LogP contribution in [0.1, 0.15) is 12.8 Å². The Morgan fingerprint density at radius 2 is 2.35 bits per heavy atom. The molecule has 104 valence electrons. The zero-order valence-corrected chi connectivity index (χ0v) is 11.8. The van der Waals surface area contributed by atoms with Crippen LogP contribution in [-0.2, 0) is 4.79 Å². The zero-order chi connectivity index (χ0) is 13.9. The lowest BCUT2D eigenvalue weighted by atomic mass is 9.98. The normalized spacial score (nSPS) is 19.0. The molecule has 3 heterocycles. The third-order valence-electron chi connectivity index (χ3n) is 3.57. The number of nitrogens with zero attached hydrogens (tertiary/aromatic N) is 3. The van der Waals surface area contributed by atoms with Gasteiger partial charge in [0, 0.05) is 30.2 Å². The second kappa shape index (κ2) is 5.58. The summed E-state index contributed by atoms with van der Waals surface area (Å²) in [5.41, 5.74) is 7.42. The van der Waals surface area contributed by atoms with Gasteiger partial charge in [0.2, 0.25) is 11.9 Å². The first kappa shape index (κ1) is 13.1. The van der Waals surface area contributed by atoms with Crippen LogP contribution in [0.4, 0.5) is 5.95 Å². The smallest absolute Gasteiger partial charge is 0.225 e. The van der Waals surface area contributed by atoms with Crippen LogP contribution < -0.4 is 10.6 Å². The summed E-state index contributed by atoms with van der Waals surface area (Å²) < 4.78 is 0. The number of hydrogen-bond acceptors (Lipinski definition) is 5. The number of primary amides is 1. The molecule has 5 nitrogen and oxygen atoms in total. The number of amides is 1. The number of carbonyl (C=O) groups excluding carboxylic acids is 1. The summed E-state index contributed by atoms with van der Waals surface area (Å²) >= 11 is 1.64. The van der Waals surface area contributed by atoms with Crippen LogP contribution in [-0.4, -0.2) is 29.0 Å². The second-order valence-corrected chi connectivity index (χ2v) is 5.72. The van der Waals surface area contributed by atoms with Crippen LogP contribution in [0.5, 0.6) is 0 Å². The molecule has 1 atom stereocenters. The number of piperidine rings is 1. The van der Waals surface area contributed by atoms with Crippen molar-refractivity contribution >= 4 is 23.2 Å². The first-order chi connectivity index (χ1) is 9.74. The van der Waals surface area contributed by atoms with Gasteiger partial charge in [0.15, 0.2) is 0 Å². The number of anilines is 1. The molecule has 0 saturated carbocycles. The fraction of sp³-hybridized carbons (Fsp3) is 0.357. The van der Waals surface area contributed by atoms with E-state index in [0.717, 1.165) is 30.6 Å². The van der Waals surface area contributed by atoms with Gasteiger partial charge in [-0.1, -0.05) is 0 Å². The van der Waals surface area contributed by atoms with E-state index in [-0.39, 0.29) is 11.8 Å². The van der Waals surface area contributed by atoms with Gasteiger partial charge in [-0.15, -0.1) is 0 Å². The van der Waals surface area contributed by atoms with Gasteiger partial charge < -0.3 is 10.6 Å². The van der Waals surface area contributed by atoms with Gasteiger partial charge in [0.1, 0.15) is 0 Å². The molecule has 2 N–H and O–H groups in total. The van der Waals surface area contributed by atoms with Crippen molar-refractivity contribution in [3.63, 3.8) is 0 Å². The molecular formula is C14H16N4OS. The molecule has 2 aromatic heterocycles. The van der Waals surface area contributed by atoms with E-state index >= 15 is 0 Å². The molecule has 6 heteroatoms. The molecule has 1 amide bonds. The minimum Gasteiger partial charge on any atom is -0.369 e. The molecule has 1 fully saturated rings. The lowest BCUT2D eigenvalue weighted by Crippen LogP contribution is -2.41. The molecule has 1 aliphatic rings. The predicted octanol–water partition coefficient (Wildman–Crippen LogP) is 1.91. The fourth-order valence-corrected chi connectivity index (χ4v) is 3.11. The van der Waals surface area contributed by atoms with Gasteiger partial charge in [-0.05, 0) is 30.4 Å². The van der Waals surface area contributed by atoms with Crippen molar-refractivity contribution in [3.05, 3.63) is 29.1 Å². The Hall–Kier alpha value is -1.95. The Morgan fingerprint density at radius 1 is 1.45 bits per heavy atom.